The van der Waals surface area contributed by atoms with Crippen LogP contribution in [0, 0.1) is 6.92 Å². The summed E-state index contributed by atoms with van der Waals surface area (Å²) in [6.07, 6.45) is 3.37. The van der Waals surface area contributed by atoms with Crippen LogP contribution in [0.1, 0.15) is 55.5 Å². The van der Waals surface area contributed by atoms with E-state index >= 15 is 0 Å². The summed E-state index contributed by atoms with van der Waals surface area (Å²) < 4.78 is 1.91. The molecule has 20 heavy (non-hydrogen) atoms. The Balaban J connectivity index is 2.15. The van der Waals surface area contributed by atoms with Gasteiger partial charge in [0.05, 0.1) is 23.5 Å². The van der Waals surface area contributed by atoms with Gasteiger partial charge in [-0.15, -0.1) is 0 Å². The Labute approximate surface area is 117 Å². The number of aryl methyl sites for hydroxylation is 1. The zero-order valence-electron chi connectivity index (χ0n) is 12.4. The highest BCUT2D eigenvalue weighted by Crippen LogP contribution is 2.21. The van der Waals surface area contributed by atoms with Crippen LogP contribution in [0.4, 0.5) is 0 Å². The monoisotopic (exact) mass is 276 g/mol. The second-order valence-electron chi connectivity index (χ2n) is 5.84. The van der Waals surface area contributed by atoms with E-state index in [0.29, 0.717) is 0 Å². The van der Waals surface area contributed by atoms with Gasteiger partial charge < -0.3 is 5.32 Å². The van der Waals surface area contributed by atoms with Gasteiger partial charge in [-0.05, 0) is 34.6 Å². The molecule has 0 fully saturated rings. The minimum absolute atomic E-state index is 0.0845. The van der Waals surface area contributed by atoms with E-state index in [-0.39, 0.29) is 23.2 Å². The Morgan fingerprint density at radius 2 is 2.15 bits per heavy atom. The molecule has 0 saturated carbocycles. The second kappa shape index (κ2) is 5.07. The Hall–Kier alpha value is -2.18. The molecule has 2 N–H and O–H groups in total. The van der Waals surface area contributed by atoms with Crippen LogP contribution >= 0.6 is 0 Å². The molecule has 2 heterocycles. The summed E-state index contributed by atoms with van der Waals surface area (Å²) in [7, 11) is 0. The molecule has 108 valence electrons. The molecule has 1 unspecified atom stereocenters. The Kier molecular flexibility index (Phi) is 3.61. The van der Waals surface area contributed by atoms with Gasteiger partial charge in [-0.1, -0.05) is 0 Å². The normalized spacial score (nSPS) is 13.2. The molecule has 2 aromatic heterocycles. The maximum atomic E-state index is 11.9. The number of carbonyl (C=O) groups excluding carboxylic acids is 1. The molecule has 1 atom stereocenters. The molecule has 0 radical (unpaired) electrons. The summed E-state index contributed by atoms with van der Waals surface area (Å²) in [6, 6.07) is -0.143. The lowest BCUT2D eigenvalue weighted by molar-refractivity contribution is 0.0934. The fraction of sp³-hybridized carbons (Fsp3) is 0.538. The third kappa shape index (κ3) is 2.87. The van der Waals surface area contributed by atoms with Gasteiger partial charge in [0.25, 0.3) is 5.91 Å². The lowest BCUT2D eigenvalue weighted by Gasteiger charge is -2.19. The van der Waals surface area contributed by atoms with Gasteiger partial charge in [0, 0.05) is 11.8 Å². The average Bonchev–Trinajstić information content (AvgIpc) is 2.95. The van der Waals surface area contributed by atoms with Crippen LogP contribution in [0.15, 0.2) is 12.4 Å². The van der Waals surface area contributed by atoms with E-state index in [4.69, 9.17) is 0 Å². The summed E-state index contributed by atoms with van der Waals surface area (Å²) in [5, 5.41) is 17.2. The molecular formula is C13H20N6O. The number of carbonyl (C=O) groups is 1. The molecule has 0 aromatic carbocycles. The largest absolute Gasteiger partial charge is 0.344 e. The first kappa shape index (κ1) is 14.2. The quantitative estimate of drug-likeness (QED) is 0.890. The Morgan fingerprint density at radius 3 is 2.65 bits per heavy atom. The number of H-pyrrole nitrogens is 1. The van der Waals surface area contributed by atoms with Gasteiger partial charge in [0.15, 0.2) is 5.69 Å². The molecule has 7 nitrogen and oxygen atoms in total. The second-order valence-corrected chi connectivity index (χ2v) is 5.84. The summed E-state index contributed by atoms with van der Waals surface area (Å²) in [5.74, 6) is -0.255. The van der Waals surface area contributed by atoms with Crippen LogP contribution in [0.5, 0.6) is 0 Å². The third-order valence-corrected chi connectivity index (χ3v) is 3.09. The van der Waals surface area contributed by atoms with Crippen LogP contribution in [-0.2, 0) is 5.54 Å². The molecule has 0 bridgehead atoms. The van der Waals surface area contributed by atoms with Gasteiger partial charge in [0.2, 0.25) is 0 Å². The van der Waals surface area contributed by atoms with Crippen molar-refractivity contribution in [3.63, 3.8) is 0 Å². The average molecular weight is 276 g/mol. The van der Waals surface area contributed by atoms with E-state index in [1.807, 2.05) is 24.7 Å². The fourth-order valence-electron chi connectivity index (χ4n) is 1.90. The highest BCUT2D eigenvalue weighted by atomic mass is 16.2. The molecule has 0 aliphatic heterocycles. The topological polar surface area (TPSA) is 88.5 Å². The third-order valence-electron chi connectivity index (χ3n) is 3.09. The zero-order chi connectivity index (χ0) is 14.9. The molecule has 2 aromatic rings. The molecular weight excluding hydrogens is 256 g/mol. The van der Waals surface area contributed by atoms with Crippen LogP contribution in [0.2, 0.25) is 0 Å². The van der Waals surface area contributed by atoms with Crippen molar-refractivity contribution in [2.24, 2.45) is 0 Å². The minimum atomic E-state index is -0.255. The highest BCUT2D eigenvalue weighted by molar-refractivity contribution is 5.92. The maximum Gasteiger partial charge on any atom is 0.273 e. The Morgan fingerprint density at radius 1 is 1.45 bits per heavy atom. The highest BCUT2D eigenvalue weighted by Gasteiger charge is 2.21. The summed E-state index contributed by atoms with van der Waals surface area (Å²) >= 11 is 0. The van der Waals surface area contributed by atoms with Gasteiger partial charge >= 0.3 is 0 Å². The van der Waals surface area contributed by atoms with Crippen LogP contribution < -0.4 is 5.32 Å². The number of nitrogens with zero attached hydrogens (tertiary/aromatic N) is 4. The van der Waals surface area contributed by atoms with Crippen molar-refractivity contribution in [2.45, 2.75) is 46.2 Å². The zero-order valence-corrected chi connectivity index (χ0v) is 12.4. The summed E-state index contributed by atoms with van der Waals surface area (Å²) in [5.41, 5.74) is 2.10. The summed E-state index contributed by atoms with van der Waals surface area (Å²) in [6.45, 7) is 10.1. The SMILES string of the molecule is Cc1nn(C(C)(C)C)cc1C(C)NC(=O)c1cn[nH]n1. The van der Waals surface area contributed by atoms with E-state index in [1.165, 1.54) is 6.20 Å². The van der Waals surface area contributed by atoms with E-state index in [9.17, 15) is 4.79 Å². The van der Waals surface area contributed by atoms with Crippen molar-refractivity contribution in [3.8, 4) is 0 Å². The van der Waals surface area contributed by atoms with Crippen molar-refractivity contribution in [3.05, 3.63) is 29.3 Å². The van der Waals surface area contributed by atoms with Gasteiger partial charge in [-0.3, -0.25) is 9.48 Å². The molecule has 1 amide bonds. The number of aromatic amines is 1. The minimum Gasteiger partial charge on any atom is -0.344 e. The number of aromatic nitrogens is 5. The lowest BCUT2D eigenvalue weighted by Crippen LogP contribution is -2.27. The first-order valence-corrected chi connectivity index (χ1v) is 6.52. The standard InChI is InChI=1S/C13H20N6O/c1-8(15-12(20)11-6-14-18-16-11)10-7-19(13(3,4)5)17-9(10)2/h6-8H,1-5H3,(H,15,20)(H,14,16,18). The lowest BCUT2D eigenvalue weighted by atomic mass is 10.1. The Bertz CT molecular complexity index is 593. The van der Waals surface area contributed by atoms with E-state index in [1.54, 1.807) is 0 Å². The summed E-state index contributed by atoms with van der Waals surface area (Å²) in [4.78, 5) is 11.9. The number of hydrogen-bond donors (Lipinski definition) is 2. The van der Waals surface area contributed by atoms with E-state index in [2.05, 4.69) is 46.6 Å². The molecule has 0 saturated heterocycles. The number of rotatable bonds is 3. The predicted octanol–water partition coefficient (Wildman–Crippen LogP) is 1.56. The molecule has 0 aliphatic carbocycles. The van der Waals surface area contributed by atoms with E-state index in [0.717, 1.165) is 11.3 Å². The number of hydrogen-bond acceptors (Lipinski definition) is 4. The molecule has 2 rings (SSSR count). The van der Waals surface area contributed by atoms with E-state index < -0.39 is 0 Å². The van der Waals surface area contributed by atoms with Gasteiger partial charge in [-0.25, -0.2) is 0 Å². The van der Waals surface area contributed by atoms with Gasteiger partial charge in [-0.2, -0.15) is 20.5 Å². The fourth-order valence-corrected chi connectivity index (χ4v) is 1.90. The van der Waals surface area contributed by atoms with Gasteiger partial charge in [0.1, 0.15) is 0 Å². The first-order valence-electron chi connectivity index (χ1n) is 6.52. The first-order chi connectivity index (χ1) is 9.29. The van der Waals surface area contributed by atoms with Crippen LogP contribution in [-0.4, -0.2) is 31.1 Å². The molecule has 7 heteroatoms. The van der Waals surface area contributed by atoms with Crippen molar-refractivity contribution < 1.29 is 4.79 Å². The smallest absolute Gasteiger partial charge is 0.273 e. The van der Waals surface area contributed by atoms with Crippen molar-refractivity contribution in [1.82, 2.24) is 30.5 Å². The molecule has 0 aliphatic rings. The van der Waals surface area contributed by atoms with Crippen molar-refractivity contribution >= 4 is 5.91 Å². The van der Waals surface area contributed by atoms with Crippen LogP contribution in [0.25, 0.3) is 0 Å². The van der Waals surface area contributed by atoms with Crippen molar-refractivity contribution in [2.75, 3.05) is 0 Å². The maximum absolute atomic E-state index is 11.9. The number of nitrogens with one attached hydrogen (secondary N) is 2. The van der Waals surface area contributed by atoms with Crippen LogP contribution in [0.3, 0.4) is 0 Å². The number of amides is 1. The predicted molar refractivity (Wildman–Crippen MR) is 74.2 cm³/mol. The molecule has 0 spiro atoms. The van der Waals surface area contributed by atoms with Crippen molar-refractivity contribution in [1.29, 1.82) is 0 Å².